The summed E-state index contributed by atoms with van der Waals surface area (Å²) in [4.78, 5) is 23.7. The number of carbonyl (C=O) groups is 2. The van der Waals surface area contributed by atoms with Crippen molar-refractivity contribution >= 4 is 11.9 Å². The van der Waals surface area contributed by atoms with Crippen LogP contribution < -0.4 is 5.32 Å². The molecular weight excluding hydrogens is 184 g/mol. The van der Waals surface area contributed by atoms with E-state index in [4.69, 9.17) is 5.11 Å². The zero-order valence-electron chi connectivity index (χ0n) is 8.65. The maximum absolute atomic E-state index is 11.4. The Morgan fingerprint density at radius 1 is 1.64 bits per heavy atom. The second kappa shape index (κ2) is 3.96. The van der Waals surface area contributed by atoms with Gasteiger partial charge >= 0.3 is 5.97 Å². The SMILES string of the molecule is CC(C)C1CN(C)C(=O)C(C(=O)O)N1. The highest BCUT2D eigenvalue weighted by Gasteiger charge is 2.37. The van der Waals surface area contributed by atoms with E-state index in [-0.39, 0.29) is 11.9 Å². The lowest BCUT2D eigenvalue weighted by atomic mass is 9.99. The average Bonchev–Trinajstić information content (AvgIpc) is 2.08. The number of aliphatic carboxylic acids is 1. The lowest BCUT2D eigenvalue weighted by Gasteiger charge is -2.36. The normalized spacial score (nSPS) is 28.3. The standard InChI is InChI=1S/C9H16N2O3/c1-5(2)6-4-11(3)8(12)7(10-6)9(13)14/h5-7,10H,4H2,1-3H3,(H,13,14). The molecule has 0 aliphatic carbocycles. The Balaban J connectivity index is 2.76. The van der Waals surface area contributed by atoms with Gasteiger partial charge in [0, 0.05) is 19.6 Å². The van der Waals surface area contributed by atoms with E-state index >= 15 is 0 Å². The molecule has 1 amide bonds. The summed E-state index contributed by atoms with van der Waals surface area (Å²) in [7, 11) is 1.63. The molecule has 0 spiro atoms. The van der Waals surface area contributed by atoms with Crippen molar-refractivity contribution in [1.82, 2.24) is 10.2 Å². The molecule has 0 bridgehead atoms. The summed E-state index contributed by atoms with van der Waals surface area (Å²) in [6.07, 6.45) is 0. The smallest absolute Gasteiger partial charge is 0.330 e. The maximum Gasteiger partial charge on any atom is 0.330 e. The average molecular weight is 200 g/mol. The van der Waals surface area contributed by atoms with E-state index in [1.807, 2.05) is 13.8 Å². The zero-order chi connectivity index (χ0) is 10.9. The number of nitrogens with one attached hydrogen (secondary N) is 1. The molecule has 1 rings (SSSR count). The first-order valence-corrected chi connectivity index (χ1v) is 4.67. The first kappa shape index (κ1) is 11.0. The Kier molecular flexibility index (Phi) is 3.10. The van der Waals surface area contributed by atoms with Crippen LogP contribution in [0.3, 0.4) is 0 Å². The fraction of sp³-hybridized carbons (Fsp3) is 0.778. The summed E-state index contributed by atoms with van der Waals surface area (Å²) in [6, 6.07) is -1.03. The summed E-state index contributed by atoms with van der Waals surface area (Å²) in [5.41, 5.74) is 0. The Hall–Kier alpha value is -1.10. The molecule has 1 heterocycles. The zero-order valence-corrected chi connectivity index (χ0v) is 8.65. The van der Waals surface area contributed by atoms with Gasteiger partial charge in [0.15, 0.2) is 6.04 Å². The summed E-state index contributed by atoms with van der Waals surface area (Å²) in [5.74, 6) is -1.16. The number of amides is 1. The molecule has 0 saturated carbocycles. The predicted molar refractivity (Wildman–Crippen MR) is 50.8 cm³/mol. The van der Waals surface area contributed by atoms with Crippen LogP contribution in [0.15, 0.2) is 0 Å². The fourth-order valence-corrected chi connectivity index (χ4v) is 1.52. The Labute approximate surface area is 83.1 Å². The van der Waals surface area contributed by atoms with Gasteiger partial charge in [-0.2, -0.15) is 0 Å². The minimum atomic E-state index is -1.10. The van der Waals surface area contributed by atoms with E-state index in [0.29, 0.717) is 12.5 Å². The number of carbonyl (C=O) groups excluding carboxylic acids is 1. The van der Waals surface area contributed by atoms with Gasteiger partial charge in [0.05, 0.1) is 0 Å². The molecule has 5 heteroatoms. The Morgan fingerprint density at radius 2 is 2.21 bits per heavy atom. The lowest BCUT2D eigenvalue weighted by Crippen LogP contribution is -2.62. The molecule has 1 aliphatic rings. The van der Waals surface area contributed by atoms with E-state index in [0.717, 1.165) is 0 Å². The quantitative estimate of drug-likeness (QED) is 0.591. The number of carboxylic acid groups (broad SMARTS) is 1. The van der Waals surface area contributed by atoms with Crippen molar-refractivity contribution in [3.05, 3.63) is 0 Å². The van der Waals surface area contributed by atoms with E-state index in [9.17, 15) is 9.59 Å². The van der Waals surface area contributed by atoms with Crippen LogP contribution in [0.2, 0.25) is 0 Å². The van der Waals surface area contributed by atoms with Gasteiger partial charge < -0.3 is 10.0 Å². The number of nitrogens with zero attached hydrogens (tertiary/aromatic N) is 1. The molecule has 0 aromatic carbocycles. The van der Waals surface area contributed by atoms with E-state index in [1.165, 1.54) is 4.90 Å². The van der Waals surface area contributed by atoms with Crippen LogP contribution in [0.1, 0.15) is 13.8 Å². The molecule has 0 radical (unpaired) electrons. The molecule has 2 N–H and O–H groups in total. The van der Waals surface area contributed by atoms with Gasteiger partial charge in [0.25, 0.3) is 5.91 Å². The summed E-state index contributed by atoms with van der Waals surface area (Å²) < 4.78 is 0. The first-order valence-electron chi connectivity index (χ1n) is 4.67. The minimum Gasteiger partial charge on any atom is -0.480 e. The molecule has 0 aromatic rings. The maximum atomic E-state index is 11.4. The molecule has 2 unspecified atom stereocenters. The van der Waals surface area contributed by atoms with Crippen molar-refractivity contribution in [3.8, 4) is 0 Å². The largest absolute Gasteiger partial charge is 0.480 e. The summed E-state index contributed by atoms with van der Waals surface area (Å²) in [5, 5.41) is 11.7. The summed E-state index contributed by atoms with van der Waals surface area (Å²) >= 11 is 0. The number of carboxylic acids is 1. The third-order valence-electron chi connectivity index (χ3n) is 2.53. The van der Waals surface area contributed by atoms with Gasteiger partial charge in [-0.3, -0.25) is 10.1 Å². The number of piperazine rings is 1. The van der Waals surface area contributed by atoms with Crippen LogP contribution in [0, 0.1) is 5.92 Å². The van der Waals surface area contributed by atoms with Gasteiger partial charge in [-0.25, -0.2) is 4.79 Å². The van der Waals surface area contributed by atoms with Crippen molar-refractivity contribution < 1.29 is 14.7 Å². The van der Waals surface area contributed by atoms with E-state index in [1.54, 1.807) is 7.05 Å². The number of likely N-dealkylation sites (N-methyl/N-ethyl adjacent to an activating group) is 1. The Bertz CT molecular complexity index is 252. The molecule has 80 valence electrons. The molecule has 1 fully saturated rings. The Morgan fingerprint density at radius 3 is 2.64 bits per heavy atom. The van der Waals surface area contributed by atoms with Crippen molar-refractivity contribution in [2.75, 3.05) is 13.6 Å². The van der Waals surface area contributed by atoms with Crippen LogP contribution in [0.4, 0.5) is 0 Å². The van der Waals surface area contributed by atoms with Crippen molar-refractivity contribution in [2.24, 2.45) is 5.92 Å². The second-order valence-electron chi connectivity index (χ2n) is 4.01. The number of hydrogen-bond acceptors (Lipinski definition) is 3. The molecular formula is C9H16N2O3. The van der Waals surface area contributed by atoms with Gasteiger partial charge in [0.2, 0.25) is 0 Å². The number of rotatable bonds is 2. The monoisotopic (exact) mass is 200 g/mol. The van der Waals surface area contributed by atoms with Crippen molar-refractivity contribution in [2.45, 2.75) is 25.9 Å². The molecule has 1 saturated heterocycles. The highest BCUT2D eigenvalue weighted by atomic mass is 16.4. The van der Waals surface area contributed by atoms with E-state index in [2.05, 4.69) is 5.32 Å². The van der Waals surface area contributed by atoms with Gasteiger partial charge in [-0.1, -0.05) is 13.8 Å². The third kappa shape index (κ3) is 2.04. The van der Waals surface area contributed by atoms with Crippen LogP contribution in [0.25, 0.3) is 0 Å². The lowest BCUT2D eigenvalue weighted by molar-refractivity contribution is -0.150. The van der Waals surface area contributed by atoms with E-state index < -0.39 is 12.0 Å². The van der Waals surface area contributed by atoms with Gasteiger partial charge in [-0.15, -0.1) is 0 Å². The van der Waals surface area contributed by atoms with Crippen molar-refractivity contribution in [3.63, 3.8) is 0 Å². The predicted octanol–water partition coefficient (Wildman–Crippen LogP) is -0.474. The third-order valence-corrected chi connectivity index (χ3v) is 2.53. The highest BCUT2D eigenvalue weighted by molar-refractivity contribution is 6.01. The highest BCUT2D eigenvalue weighted by Crippen LogP contribution is 2.11. The summed E-state index contributed by atoms with van der Waals surface area (Å²) in [6.45, 7) is 4.57. The molecule has 1 aliphatic heterocycles. The minimum absolute atomic E-state index is 0.0544. The first-order chi connectivity index (χ1) is 6.43. The van der Waals surface area contributed by atoms with Crippen LogP contribution in [-0.4, -0.2) is 47.6 Å². The van der Waals surface area contributed by atoms with Gasteiger partial charge in [-0.05, 0) is 5.92 Å². The molecule has 5 nitrogen and oxygen atoms in total. The van der Waals surface area contributed by atoms with Crippen LogP contribution >= 0.6 is 0 Å². The number of hydrogen-bond donors (Lipinski definition) is 2. The fourth-order valence-electron chi connectivity index (χ4n) is 1.52. The van der Waals surface area contributed by atoms with Gasteiger partial charge in [0.1, 0.15) is 0 Å². The molecule has 0 aromatic heterocycles. The van der Waals surface area contributed by atoms with Crippen LogP contribution in [0.5, 0.6) is 0 Å². The topological polar surface area (TPSA) is 69.6 Å². The molecule has 14 heavy (non-hydrogen) atoms. The van der Waals surface area contributed by atoms with Crippen molar-refractivity contribution in [1.29, 1.82) is 0 Å². The second-order valence-corrected chi connectivity index (χ2v) is 4.01. The van der Waals surface area contributed by atoms with Crippen LogP contribution in [-0.2, 0) is 9.59 Å². The molecule has 2 atom stereocenters.